The first kappa shape index (κ1) is 11.4. The average molecular weight is 257 g/mol. The Bertz CT molecular complexity index is 496. The molecule has 2 rings (SSSR count). The maximum absolute atomic E-state index is 6.00. The predicted octanol–water partition coefficient (Wildman–Crippen LogP) is 3.69. The lowest BCUT2D eigenvalue weighted by atomic mass is 10.1. The van der Waals surface area contributed by atoms with E-state index >= 15 is 0 Å². The molecular weight excluding hydrogens is 247 g/mol. The van der Waals surface area contributed by atoms with Crippen molar-refractivity contribution in [3.63, 3.8) is 0 Å². The molecule has 0 N–H and O–H groups in total. The van der Waals surface area contributed by atoms with Gasteiger partial charge in [-0.05, 0) is 30.2 Å². The van der Waals surface area contributed by atoms with Crippen LogP contribution in [0.2, 0.25) is 5.02 Å². The summed E-state index contributed by atoms with van der Waals surface area (Å²) in [5.74, 6) is 1.08. The van der Waals surface area contributed by atoms with Gasteiger partial charge >= 0.3 is 0 Å². The molecule has 0 atom stereocenters. The fourth-order valence-electron chi connectivity index (χ4n) is 1.40. The Morgan fingerprint density at radius 1 is 1.25 bits per heavy atom. The third-order valence-corrected chi connectivity index (χ3v) is 2.64. The Kier molecular flexibility index (Phi) is 3.46. The molecule has 3 nitrogen and oxygen atoms in total. The van der Waals surface area contributed by atoms with Crippen molar-refractivity contribution in [2.75, 3.05) is 0 Å². The molecule has 0 aliphatic carbocycles. The number of halogens is 2. The number of nitrogens with zero attached hydrogens (tertiary/aromatic N) is 2. The Morgan fingerprint density at radius 2 is 2.06 bits per heavy atom. The molecule has 0 spiro atoms. The molecule has 0 bridgehead atoms. The second kappa shape index (κ2) is 4.85. The fourth-order valence-corrected chi connectivity index (χ4v) is 1.77. The second-order valence-electron chi connectivity index (χ2n) is 3.34. The zero-order chi connectivity index (χ0) is 11.5. The third-order valence-electron chi connectivity index (χ3n) is 2.19. The number of rotatable bonds is 3. The molecule has 0 amide bonds. The van der Waals surface area contributed by atoms with Crippen LogP contribution in [0.1, 0.15) is 18.4 Å². The van der Waals surface area contributed by atoms with Crippen LogP contribution in [-0.4, -0.2) is 10.2 Å². The van der Waals surface area contributed by atoms with Crippen molar-refractivity contribution in [1.82, 2.24) is 10.2 Å². The molecule has 1 aromatic heterocycles. The molecular formula is C11H10Cl2N2O. The summed E-state index contributed by atoms with van der Waals surface area (Å²) in [4.78, 5) is 0. The van der Waals surface area contributed by atoms with E-state index in [0.717, 1.165) is 17.5 Å². The lowest BCUT2D eigenvalue weighted by molar-refractivity contribution is 0.527. The first-order valence-electron chi connectivity index (χ1n) is 4.91. The molecule has 16 heavy (non-hydrogen) atoms. The highest BCUT2D eigenvalue weighted by atomic mass is 35.5. The highest BCUT2D eigenvalue weighted by Gasteiger charge is 2.09. The van der Waals surface area contributed by atoms with Crippen LogP contribution >= 0.6 is 23.2 Å². The summed E-state index contributed by atoms with van der Waals surface area (Å²) in [7, 11) is 0. The number of alkyl halides is 1. The van der Waals surface area contributed by atoms with Gasteiger partial charge in [-0.1, -0.05) is 18.5 Å². The Hall–Kier alpha value is -1.06. The summed E-state index contributed by atoms with van der Waals surface area (Å²) in [6.45, 7) is 2.06. The van der Waals surface area contributed by atoms with Gasteiger partial charge < -0.3 is 4.42 Å². The van der Waals surface area contributed by atoms with Gasteiger partial charge in [0.1, 0.15) is 5.88 Å². The highest BCUT2D eigenvalue weighted by molar-refractivity contribution is 6.30. The summed E-state index contributed by atoms with van der Waals surface area (Å²) < 4.78 is 5.36. The molecule has 0 saturated carbocycles. The Labute approximate surface area is 103 Å². The molecule has 0 radical (unpaired) electrons. The van der Waals surface area contributed by atoms with Crippen LogP contribution in [-0.2, 0) is 12.3 Å². The zero-order valence-electron chi connectivity index (χ0n) is 8.70. The molecule has 1 aromatic carbocycles. The van der Waals surface area contributed by atoms with E-state index in [1.165, 1.54) is 0 Å². The quantitative estimate of drug-likeness (QED) is 0.787. The van der Waals surface area contributed by atoms with Crippen molar-refractivity contribution in [2.24, 2.45) is 0 Å². The largest absolute Gasteiger partial charge is 0.419 e. The molecule has 0 fully saturated rings. The van der Waals surface area contributed by atoms with Gasteiger partial charge in [-0.2, -0.15) is 0 Å². The van der Waals surface area contributed by atoms with E-state index in [1.54, 1.807) is 6.07 Å². The van der Waals surface area contributed by atoms with Crippen molar-refractivity contribution in [1.29, 1.82) is 0 Å². The summed E-state index contributed by atoms with van der Waals surface area (Å²) in [5, 5.41) is 8.39. The minimum absolute atomic E-state index is 0.216. The van der Waals surface area contributed by atoms with Crippen molar-refractivity contribution >= 4 is 23.2 Å². The SMILES string of the molecule is CCc1cc(Cl)cc(-c2nnc(CCl)o2)c1. The van der Waals surface area contributed by atoms with Crippen molar-refractivity contribution < 1.29 is 4.42 Å². The van der Waals surface area contributed by atoms with Crippen LogP contribution in [0.4, 0.5) is 0 Å². The third kappa shape index (κ3) is 2.36. The monoisotopic (exact) mass is 256 g/mol. The lowest BCUT2D eigenvalue weighted by Gasteiger charge is -2.01. The van der Waals surface area contributed by atoms with E-state index in [9.17, 15) is 0 Å². The molecule has 0 saturated heterocycles. The van der Waals surface area contributed by atoms with E-state index in [-0.39, 0.29) is 5.88 Å². The standard InChI is InChI=1S/C11H10Cl2N2O/c1-2-7-3-8(5-9(13)4-7)11-15-14-10(6-12)16-11/h3-5H,2,6H2,1H3. The normalized spacial score (nSPS) is 10.7. The summed E-state index contributed by atoms with van der Waals surface area (Å²) >= 11 is 11.6. The number of hydrogen-bond acceptors (Lipinski definition) is 3. The van der Waals surface area contributed by atoms with E-state index in [2.05, 4.69) is 17.1 Å². The van der Waals surface area contributed by atoms with Crippen LogP contribution in [0.5, 0.6) is 0 Å². The molecule has 0 aliphatic rings. The van der Waals surface area contributed by atoms with Crippen LogP contribution < -0.4 is 0 Å². The lowest BCUT2D eigenvalue weighted by Crippen LogP contribution is -1.84. The van der Waals surface area contributed by atoms with Gasteiger partial charge in [0.2, 0.25) is 11.8 Å². The van der Waals surface area contributed by atoms with Gasteiger partial charge in [0.05, 0.1) is 0 Å². The highest BCUT2D eigenvalue weighted by Crippen LogP contribution is 2.24. The average Bonchev–Trinajstić information content (AvgIpc) is 2.76. The van der Waals surface area contributed by atoms with Gasteiger partial charge in [-0.25, -0.2) is 0 Å². The fraction of sp³-hybridized carbons (Fsp3) is 0.273. The molecule has 0 aliphatic heterocycles. The summed E-state index contributed by atoms with van der Waals surface area (Å²) in [6.07, 6.45) is 0.907. The van der Waals surface area contributed by atoms with Gasteiger partial charge in [-0.15, -0.1) is 21.8 Å². The van der Waals surface area contributed by atoms with Gasteiger partial charge in [0.15, 0.2) is 0 Å². The second-order valence-corrected chi connectivity index (χ2v) is 4.04. The zero-order valence-corrected chi connectivity index (χ0v) is 10.2. The van der Waals surface area contributed by atoms with Gasteiger partial charge in [0, 0.05) is 10.6 Å². The smallest absolute Gasteiger partial charge is 0.247 e. The van der Waals surface area contributed by atoms with E-state index < -0.39 is 0 Å². The van der Waals surface area contributed by atoms with Crippen LogP contribution in [0, 0.1) is 0 Å². The van der Waals surface area contributed by atoms with Crippen molar-refractivity contribution in [3.8, 4) is 11.5 Å². The first-order chi connectivity index (χ1) is 7.72. The van der Waals surface area contributed by atoms with Crippen LogP contribution in [0.15, 0.2) is 22.6 Å². The number of benzene rings is 1. The van der Waals surface area contributed by atoms with E-state index in [0.29, 0.717) is 16.8 Å². The van der Waals surface area contributed by atoms with E-state index in [1.807, 2.05) is 12.1 Å². The number of aromatic nitrogens is 2. The first-order valence-corrected chi connectivity index (χ1v) is 5.82. The molecule has 0 unspecified atom stereocenters. The molecule has 2 aromatic rings. The van der Waals surface area contributed by atoms with Gasteiger partial charge in [0.25, 0.3) is 0 Å². The number of hydrogen-bond donors (Lipinski definition) is 0. The predicted molar refractivity (Wildman–Crippen MR) is 63.7 cm³/mol. The maximum atomic E-state index is 6.00. The molecule has 1 heterocycles. The Morgan fingerprint density at radius 3 is 2.69 bits per heavy atom. The molecule has 5 heteroatoms. The minimum Gasteiger partial charge on any atom is -0.419 e. The Balaban J connectivity index is 2.42. The number of aryl methyl sites for hydroxylation is 1. The van der Waals surface area contributed by atoms with Gasteiger partial charge in [-0.3, -0.25) is 0 Å². The topological polar surface area (TPSA) is 38.9 Å². The maximum Gasteiger partial charge on any atom is 0.247 e. The summed E-state index contributed by atoms with van der Waals surface area (Å²) in [6, 6.07) is 5.70. The van der Waals surface area contributed by atoms with Crippen LogP contribution in [0.3, 0.4) is 0 Å². The molecule has 84 valence electrons. The summed E-state index contributed by atoms with van der Waals surface area (Å²) in [5.41, 5.74) is 1.96. The van der Waals surface area contributed by atoms with Crippen molar-refractivity contribution in [2.45, 2.75) is 19.2 Å². The van der Waals surface area contributed by atoms with Crippen LogP contribution in [0.25, 0.3) is 11.5 Å². The van der Waals surface area contributed by atoms with Crippen molar-refractivity contribution in [3.05, 3.63) is 34.7 Å². The minimum atomic E-state index is 0.216. The van der Waals surface area contributed by atoms with E-state index in [4.69, 9.17) is 27.6 Å².